The summed E-state index contributed by atoms with van der Waals surface area (Å²) in [6, 6.07) is 7.76. The van der Waals surface area contributed by atoms with Gasteiger partial charge in [-0.05, 0) is 38.2 Å². The van der Waals surface area contributed by atoms with Gasteiger partial charge < -0.3 is 5.32 Å². The summed E-state index contributed by atoms with van der Waals surface area (Å²) in [5, 5.41) is 3.46. The summed E-state index contributed by atoms with van der Waals surface area (Å²) >= 11 is 0. The minimum Gasteiger partial charge on any atom is -0.314 e. The van der Waals surface area contributed by atoms with E-state index < -0.39 is 0 Å². The van der Waals surface area contributed by atoms with Crippen molar-refractivity contribution in [1.29, 1.82) is 0 Å². The van der Waals surface area contributed by atoms with Crippen LogP contribution in [0, 0.1) is 19.8 Å². The van der Waals surface area contributed by atoms with Crippen LogP contribution in [-0.4, -0.2) is 31.1 Å². The molecule has 0 radical (unpaired) electrons. The lowest BCUT2D eigenvalue weighted by Gasteiger charge is -2.35. The number of aryl methyl sites for hydroxylation is 2. The Morgan fingerprint density at radius 1 is 1.06 bits per heavy atom. The number of hydrogen-bond donors (Lipinski definition) is 1. The third kappa shape index (κ3) is 2.60. The van der Waals surface area contributed by atoms with Gasteiger partial charge in [-0.2, -0.15) is 0 Å². The maximum Gasteiger partial charge on any atom is 0.0377 e. The van der Waals surface area contributed by atoms with Crippen molar-refractivity contribution in [2.45, 2.75) is 32.7 Å². The van der Waals surface area contributed by atoms with Gasteiger partial charge in [-0.15, -0.1) is 0 Å². The molecule has 1 saturated carbocycles. The van der Waals surface area contributed by atoms with E-state index in [0.29, 0.717) is 6.04 Å². The zero-order chi connectivity index (χ0) is 12.5. The van der Waals surface area contributed by atoms with Crippen molar-refractivity contribution in [2.75, 3.05) is 26.2 Å². The van der Waals surface area contributed by atoms with Crippen LogP contribution in [0.1, 0.15) is 35.6 Å². The first kappa shape index (κ1) is 12.2. The summed E-state index contributed by atoms with van der Waals surface area (Å²) in [6.07, 6.45) is 2.84. The summed E-state index contributed by atoms with van der Waals surface area (Å²) < 4.78 is 0. The van der Waals surface area contributed by atoms with Crippen molar-refractivity contribution in [3.63, 3.8) is 0 Å². The number of piperazine rings is 1. The zero-order valence-corrected chi connectivity index (χ0v) is 11.6. The first-order chi connectivity index (χ1) is 8.74. The van der Waals surface area contributed by atoms with Crippen molar-refractivity contribution in [1.82, 2.24) is 10.2 Å². The average Bonchev–Trinajstić information content (AvgIpc) is 3.14. The number of nitrogens with zero attached hydrogens (tertiary/aromatic N) is 1. The molecule has 2 heteroatoms. The highest BCUT2D eigenvalue weighted by molar-refractivity contribution is 5.32. The van der Waals surface area contributed by atoms with Gasteiger partial charge in [-0.3, -0.25) is 4.90 Å². The van der Waals surface area contributed by atoms with E-state index in [2.05, 4.69) is 42.3 Å². The fraction of sp³-hybridized carbons (Fsp3) is 0.625. The van der Waals surface area contributed by atoms with Gasteiger partial charge in [-0.1, -0.05) is 29.3 Å². The van der Waals surface area contributed by atoms with Gasteiger partial charge >= 0.3 is 0 Å². The van der Waals surface area contributed by atoms with Crippen LogP contribution in [0.25, 0.3) is 0 Å². The van der Waals surface area contributed by atoms with Gasteiger partial charge in [0.2, 0.25) is 0 Å². The summed E-state index contributed by atoms with van der Waals surface area (Å²) in [4.78, 5) is 2.70. The van der Waals surface area contributed by atoms with Crippen LogP contribution in [0.2, 0.25) is 0 Å². The van der Waals surface area contributed by atoms with E-state index in [1.54, 1.807) is 5.56 Å². The molecule has 1 aromatic carbocycles. The van der Waals surface area contributed by atoms with Gasteiger partial charge in [0.1, 0.15) is 0 Å². The molecule has 1 heterocycles. The van der Waals surface area contributed by atoms with E-state index in [1.807, 2.05) is 0 Å². The second kappa shape index (κ2) is 5.02. The summed E-state index contributed by atoms with van der Waals surface area (Å²) in [5.74, 6) is 0.907. The molecule has 1 N–H and O–H groups in total. The van der Waals surface area contributed by atoms with Gasteiger partial charge in [0.15, 0.2) is 0 Å². The van der Waals surface area contributed by atoms with Crippen molar-refractivity contribution < 1.29 is 0 Å². The molecular weight excluding hydrogens is 220 g/mol. The molecule has 18 heavy (non-hydrogen) atoms. The summed E-state index contributed by atoms with van der Waals surface area (Å²) in [6.45, 7) is 9.14. The molecule has 0 spiro atoms. The van der Waals surface area contributed by atoms with E-state index in [-0.39, 0.29) is 0 Å². The smallest absolute Gasteiger partial charge is 0.0377 e. The van der Waals surface area contributed by atoms with Crippen molar-refractivity contribution in [3.05, 3.63) is 34.9 Å². The molecule has 1 aliphatic heterocycles. The Kier molecular flexibility index (Phi) is 3.40. The Hall–Kier alpha value is -0.860. The molecule has 98 valence electrons. The van der Waals surface area contributed by atoms with Crippen molar-refractivity contribution in [3.8, 4) is 0 Å². The van der Waals surface area contributed by atoms with Gasteiger partial charge in [-0.25, -0.2) is 0 Å². The van der Waals surface area contributed by atoms with Crippen LogP contribution in [0.5, 0.6) is 0 Å². The molecule has 2 aliphatic rings. The Morgan fingerprint density at radius 3 is 2.22 bits per heavy atom. The van der Waals surface area contributed by atoms with Crippen LogP contribution in [0.4, 0.5) is 0 Å². The second-order valence-corrected chi connectivity index (χ2v) is 5.99. The molecule has 0 amide bonds. The van der Waals surface area contributed by atoms with Crippen LogP contribution < -0.4 is 5.32 Å². The lowest BCUT2D eigenvalue weighted by atomic mass is 9.96. The minimum absolute atomic E-state index is 0.672. The Morgan fingerprint density at radius 2 is 1.67 bits per heavy atom. The Balaban J connectivity index is 1.88. The lowest BCUT2D eigenvalue weighted by molar-refractivity contribution is 0.156. The van der Waals surface area contributed by atoms with E-state index in [1.165, 1.54) is 37.1 Å². The number of hydrogen-bond acceptors (Lipinski definition) is 2. The topological polar surface area (TPSA) is 15.3 Å². The number of benzene rings is 1. The van der Waals surface area contributed by atoms with E-state index >= 15 is 0 Å². The van der Waals surface area contributed by atoms with Crippen LogP contribution >= 0.6 is 0 Å². The Bertz CT molecular complexity index is 397. The second-order valence-electron chi connectivity index (χ2n) is 5.99. The highest BCUT2D eigenvalue weighted by atomic mass is 15.2. The van der Waals surface area contributed by atoms with Gasteiger partial charge in [0.25, 0.3) is 0 Å². The van der Waals surface area contributed by atoms with Crippen molar-refractivity contribution >= 4 is 0 Å². The largest absolute Gasteiger partial charge is 0.314 e. The molecule has 2 fully saturated rings. The average molecular weight is 244 g/mol. The molecule has 0 unspecified atom stereocenters. The van der Waals surface area contributed by atoms with Crippen LogP contribution in [0.3, 0.4) is 0 Å². The zero-order valence-electron chi connectivity index (χ0n) is 11.6. The highest BCUT2D eigenvalue weighted by Crippen LogP contribution is 2.44. The summed E-state index contributed by atoms with van der Waals surface area (Å²) in [5.41, 5.74) is 4.37. The summed E-state index contributed by atoms with van der Waals surface area (Å²) in [7, 11) is 0. The molecule has 0 bridgehead atoms. The molecule has 1 aromatic rings. The number of rotatable bonds is 3. The molecule has 1 saturated heterocycles. The predicted octanol–water partition coefficient (Wildman–Crippen LogP) is 2.66. The number of nitrogens with one attached hydrogen (secondary N) is 1. The molecule has 0 aromatic heterocycles. The molecule has 1 atom stereocenters. The third-order valence-electron chi connectivity index (χ3n) is 4.20. The van der Waals surface area contributed by atoms with Gasteiger partial charge in [0.05, 0.1) is 0 Å². The first-order valence-electron chi connectivity index (χ1n) is 7.27. The highest BCUT2D eigenvalue weighted by Gasteiger charge is 2.36. The third-order valence-corrected chi connectivity index (χ3v) is 4.20. The van der Waals surface area contributed by atoms with E-state index in [0.717, 1.165) is 19.0 Å². The molecule has 2 nitrogen and oxygen atoms in total. The standard InChI is InChI=1S/C16H24N2/c1-12-9-13(2)11-15(10-12)16(14-3-4-14)18-7-5-17-6-8-18/h9-11,14,16-17H,3-8H2,1-2H3/t16-/m1/s1. The van der Waals surface area contributed by atoms with Gasteiger partial charge in [0, 0.05) is 32.2 Å². The van der Waals surface area contributed by atoms with E-state index in [4.69, 9.17) is 0 Å². The maximum atomic E-state index is 3.46. The normalized spacial score (nSPS) is 23.0. The Labute approximate surface area is 110 Å². The molecular formula is C16H24N2. The first-order valence-corrected chi connectivity index (χ1v) is 7.27. The predicted molar refractivity (Wildman–Crippen MR) is 75.8 cm³/mol. The van der Waals surface area contributed by atoms with Crippen LogP contribution in [-0.2, 0) is 0 Å². The maximum absolute atomic E-state index is 3.46. The van der Waals surface area contributed by atoms with E-state index in [9.17, 15) is 0 Å². The monoisotopic (exact) mass is 244 g/mol. The lowest BCUT2D eigenvalue weighted by Crippen LogP contribution is -2.45. The molecule has 1 aliphatic carbocycles. The fourth-order valence-electron chi connectivity index (χ4n) is 3.33. The fourth-order valence-corrected chi connectivity index (χ4v) is 3.33. The van der Waals surface area contributed by atoms with Crippen LogP contribution in [0.15, 0.2) is 18.2 Å². The quantitative estimate of drug-likeness (QED) is 0.879. The molecule has 3 rings (SSSR count). The SMILES string of the molecule is Cc1cc(C)cc([C@@H](C2CC2)N2CCNCC2)c1. The minimum atomic E-state index is 0.672. The van der Waals surface area contributed by atoms with Crippen molar-refractivity contribution in [2.24, 2.45) is 5.92 Å².